The van der Waals surface area contributed by atoms with Gasteiger partial charge in [-0.25, -0.2) is 4.98 Å². The van der Waals surface area contributed by atoms with Gasteiger partial charge in [0.1, 0.15) is 5.82 Å². The summed E-state index contributed by atoms with van der Waals surface area (Å²) in [6, 6.07) is 12.9. The molecule has 0 amide bonds. The third-order valence-electron chi connectivity index (χ3n) is 3.18. The summed E-state index contributed by atoms with van der Waals surface area (Å²) in [6.45, 7) is 6.68. The Kier molecular flexibility index (Phi) is 3.62. The van der Waals surface area contributed by atoms with Crippen molar-refractivity contribution in [2.45, 2.75) is 33.2 Å². The average molecular weight is 228 g/mol. The molecular weight excluding hydrogens is 208 g/mol. The van der Waals surface area contributed by atoms with Crippen molar-refractivity contribution in [2.75, 3.05) is 5.32 Å². The number of nitrogens with one attached hydrogen (secondary N) is 1. The van der Waals surface area contributed by atoms with Gasteiger partial charge < -0.3 is 5.32 Å². The fraction of sp³-hybridized carbons (Fsp3) is 0.400. The van der Waals surface area contributed by atoms with E-state index in [1.165, 1.54) is 5.39 Å². The van der Waals surface area contributed by atoms with Crippen LogP contribution >= 0.6 is 0 Å². The van der Waals surface area contributed by atoms with Crippen molar-refractivity contribution >= 4 is 16.7 Å². The van der Waals surface area contributed by atoms with Gasteiger partial charge in [0.15, 0.2) is 0 Å². The summed E-state index contributed by atoms with van der Waals surface area (Å²) in [5.74, 6) is 1.59. The molecule has 0 fully saturated rings. The van der Waals surface area contributed by atoms with E-state index in [2.05, 4.69) is 55.3 Å². The molecule has 0 aliphatic heterocycles. The molecule has 2 heteroatoms. The summed E-state index contributed by atoms with van der Waals surface area (Å²) in [7, 11) is 0. The van der Waals surface area contributed by atoms with E-state index in [0.717, 1.165) is 17.8 Å². The van der Waals surface area contributed by atoms with Crippen LogP contribution in [-0.2, 0) is 0 Å². The molecular formula is C15H20N2. The highest BCUT2D eigenvalue weighted by Gasteiger charge is 2.11. The Morgan fingerprint density at radius 2 is 1.88 bits per heavy atom. The highest BCUT2D eigenvalue weighted by atomic mass is 15.0. The predicted molar refractivity (Wildman–Crippen MR) is 74.3 cm³/mol. The molecule has 0 saturated heterocycles. The Morgan fingerprint density at radius 1 is 1.12 bits per heavy atom. The van der Waals surface area contributed by atoms with E-state index in [1.54, 1.807) is 0 Å². The minimum atomic E-state index is 0.490. The molecule has 1 aromatic heterocycles. The summed E-state index contributed by atoms with van der Waals surface area (Å²) in [6.07, 6.45) is 1.12. The third kappa shape index (κ3) is 2.76. The van der Waals surface area contributed by atoms with Crippen molar-refractivity contribution in [1.29, 1.82) is 0 Å². The Hall–Kier alpha value is -1.57. The summed E-state index contributed by atoms with van der Waals surface area (Å²) >= 11 is 0. The van der Waals surface area contributed by atoms with Crippen LogP contribution in [0, 0.1) is 5.92 Å². The van der Waals surface area contributed by atoms with Crippen molar-refractivity contribution < 1.29 is 0 Å². The monoisotopic (exact) mass is 228 g/mol. The largest absolute Gasteiger partial charge is 0.367 e. The lowest BCUT2D eigenvalue weighted by atomic mass is 10.0. The molecule has 0 aliphatic carbocycles. The van der Waals surface area contributed by atoms with Gasteiger partial charge in [0.25, 0.3) is 0 Å². The summed E-state index contributed by atoms with van der Waals surface area (Å²) in [5, 5.41) is 4.70. The molecule has 1 atom stereocenters. The van der Waals surface area contributed by atoms with Crippen molar-refractivity contribution in [3.05, 3.63) is 36.4 Å². The van der Waals surface area contributed by atoms with Crippen LogP contribution in [0.15, 0.2) is 36.4 Å². The Morgan fingerprint density at radius 3 is 2.59 bits per heavy atom. The van der Waals surface area contributed by atoms with E-state index >= 15 is 0 Å². The maximum Gasteiger partial charge on any atom is 0.126 e. The molecule has 1 unspecified atom stereocenters. The van der Waals surface area contributed by atoms with Crippen molar-refractivity contribution in [2.24, 2.45) is 5.92 Å². The van der Waals surface area contributed by atoms with Crippen LogP contribution in [0.1, 0.15) is 27.2 Å². The first-order valence-corrected chi connectivity index (χ1v) is 6.33. The first-order valence-electron chi connectivity index (χ1n) is 6.33. The van der Waals surface area contributed by atoms with E-state index < -0.39 is 0 Å². The van der Waals surface area contributed by atoms with E-state index in [1.807, 2.05) is 12.1 Å². The van der Waals surface area contributed by atoms with E-state index in [9.17, 15) is 0 Å². The maximum absolute atomic E-state index is 4.63. The number of anilines is 1. The quantitative estimate of drug-likeness (QED) is 0.852. The fourth-order valence-electron chi connectivity index (χ4n) is 2.08. The number of pyridine rings is 1. The number of para-hydroxylation sites is 1. The third-order valence-corrected chi connectivity index (χ3v) is 3.18. The SMILES string of the molecule is CCC(Nc1ccc2ccccc2n1)C(C)C. The normalized spacial score (nSPS) is 12.9. The molecule has 0 aliphatic rings. The second-order valence-electron chi connectivity index (χ2n) is 4.79. The van der Waals surface area contributed by atoms with E-state index in [-0.39, 0.29) is 0 Å². The Bertz CT molecular complexity index is 491. The maximum atomic E-state index is 4.63. The van der Waals surface area contributed by atoms with Crippen LogP contribution < -0.4 is 5.32 Å². The minimum absolute atomic E-state index is 0.490. The Balaban J connectivity index is 2.24. The second-order valence-corrected chi connectivity index (χ2v) is 4.79. The molecule has 0 saturated carbocycles. The van der Waals surface area contributed by atoms with Crippen LogP contribution in [0.25, 0.3) is 10.9 Å². The number of hydrogen-bond donors (Lipinski definition) is 1. The summed E-state index contributed by atoms with van der Waals surface area (Å²) < 4.78 is 0. The van der Waals surface area contributed by atoms with Crippen molar-refractivity contribution in [3.8, 4) is 0 Å². The molecule has 0 radical (unpaired) electrons. The van der Waals surface area contributed by atoms with Crippen molar-refractivity contribution in [3.63, 3.8) is 0 Å². The second kappa shape index (κ2) is 5.17. The standard InChI is InChI=1S/C15H20N2/c1-4-13(11(2)3)16-15-10-9-12-7-5-6-8-14(12)17-15/h5-11,13H,4H2,1-3H3,(H,16,17). The predicted octanol–water partition coefficient (Wildman–Crippen LogP) is 4.08. The average Bonchev–Trinajstić information content (AvgIpc) is 2.35. The lowest BCUT2D eigenvalue weighted by Gasteiger charge is -2.21. The lowest BCUT2D eigenvalue weighted by Crippen LogP contribution is -2.25. The topological polar surface area (TPSA) is 24.9 Å². The Labute approximate surface area is 103 Å². The van der Waals surface area contributed by atoms with Gasteiger partial charge in [-0.2, -0.15) is 0 Å². The molecule has 1 N–H and O–H groups in total. The molecule has 2 aromatic rings. The number of rotatable bonds is 4. The molecule has 0 spiro atoms. The van der Waals surface area contributed by atoms with Gasteiger partial charge in [-0.15, -0.1) is 0 Å². The summed E-state index contributed by atoms with van der Waals surface area (Å²) in [4.78, 5) is 4.63. The highest BCUT2D eigenvalue weighted by molar-refractivity contribution is 5.80. The van der Waals surface area contributed by atoms with Gasteiger partial charge in [0.2, 0.25) is 0 Å². The van der Waals surface area contributed by atoms with Crippen molar-refractivity contribution in [1.82, 2.24) is 4.98 Å². The first-order chi connectivity index (χ1) is 8.20. The zero-order chi connectivity index (χ0) is 12.3. The number of aromatic nitrogens is 1. The smallest absolute Gasteiger partial charge is 0.126 e. The number of fused-ring (bicyclic) bond motifs is 1. The van der Waals surface area contributed by atoms with Crippen LogP contribution in [-0.4, -0.2) is 11.0 Å². The van der Waals surface area contributed by atoms with Gasteiger partial charge in [0.05, 0.1) is 5.52 Å². The van der Waals surface area contributed by atoms with Gasteiger partial charge in [-0.3, -0.25) is 0 Å². The van der Waals surface area contributed by atoms with E-state index in [4.69, 9.17) is 0 Å². The lowest BCUT2D eigenvalue weighted by molar-refractivity contribution is 0.510. The number of benzene rings is 1. The molecule has 90 valence electrons. The fourth-order valence-corrected chi connectivity index (χ4v) is 2.08. The molecule has 0 bridgehead atoms. The summed E-state index contributed by atoms with van der Waals surface area (Å²) in [5.41, 5.74) is 1.05. The molecule has 1 aromatic carbocycles. The molecule has 2 rings (SSSR count). The number of hydrogen-bond acceptors (Lipinski definition) is 2. The number of nitrogens with zero attached hydrogens (tertiary/aromatic N) is 1. The minimum Gasteiger partial charge on any atom is -0.367 e. The first kappa shape index (κ1) is 11.9. The zero-order valence-corrected chi connectivity index (χ0v) is 10.8. The van der Waals surface area contributed by atoms with Gasteiger partial charge >= 0.3 is 0 Å². The molecule has 2 nitrogen and oxygen atoms in total. The van der Waals surface area contributed by atoms with Crippen LogP contribution in [0.3, 0.4) is 0 Å². The highest BCUT2D eigenvalue weighted by Crippen LogP contribution is 2.17. The van der Waals surface area contributed by atoms with Gasteiger partial charge in [0, 0.05) is 11.4 Å². The van der Waals surface area contributed by atoms with Gasteiger partial charge in [-0.05, 0) is 30.5 Å². The van der Waals surface area contributed by atoms with Crippen LogP contribution in [0.2, 0.25) is 0 Å². The van der Waals surface area contributed by atoms with Gasteiger partial charge in [-0.1, -0.05) is 39.0 Å². The van der Waals surface area contributed by atoms with Crippen LogP contribution in [0.4, 0.5) is 5.82 Å². The molecule has 17 heavy (non-hydrogen) atoms. The van der Waals surface area contributed by atoms with E-state index in [0.29, 0.717) is 12.0 Å². The molecule has 1 heterocycles. The zero-order valence-electron chi connectivity index (χ0n) is 10.8. The van der Waals surface area contributed by atoms with Crippen LogP contribution in [0.5, 0.6) is 0 Å².